The van der Waals surface area contributed by atoms with Crippen LogP contribution in [0.2, 0.25) is 0 Å². The van der Waals surface area contributed by atoms with Gasteiger partial charge < -0.3 is 18.7 Å². The molecule has 1 aliphatic heterocycles. The van der Waals surface area contributed by atoms with Gasteiger partial charge in [-0.25, -0.2) is 9.97 Å². The molecule has 3 aromatic heterocycles. The molecule has 1 saturated heterocycles. The van der Waals surface area contributed by atoms with Gasteiger partial charge in [-0.3, -0.25) is 4.79 Å². The molecule has 0 radical (unpaired) electrons. The molecule has 0 unspecified atom stereocenters. The van der Waals surface area contributed by atoms with Crippen molar-refractivity contribution in [3.8, 4) is 11.3 Å². The highest BCUT2D eigenvalue weighted by Gasteiger charge is 2.28. The number of rotatable bonds is 3. The van der Waals surface area contributed by atoms with E-state index >= 15 is 0 Å². The van der Waals surface area contributed by atoms with Crippen LogP contribution in [0.25, 0.3) is 11.3 Å². The number of morpholine rings is 1. The molecule has 1 amide bonds. The second-order valence-corrected chi connectivity index (χ2v) is 6.68. The van der Waals surface area contributed by atoms with E-state index in [1.807, 2.05) is 39.1 Å². The monoisotopic (exact) mass is 367 g/mol. The molecule has 8 heteroatoms. The second-order valence-electron chi connectivity index (χ2n) is 6.68. The number of imidazole rings is 1. The van der Waals surface area contributed by atoms with E-state index in [0.717, 1.165) is 28.4 Å². The van der Waals surface area contributed by atoms with Gasteiger partial charge in [0.15, 0.2) is 0 Å². The highest BCUT2D eigenvalue weighted by atomic mass is 16.5. The molecule has 0 N–H and O–H groups in total. The SMILES string of the molecule is Cc1noc(C)c1-c1cccc([C@@H]2CN(C(=O)c3cn(C)cn3)CCO2)n1. The van der Waals surface area contributed by atoms with Crippen molar-refractivity contribution in [3.05, 3.63) is 53.6 Å². The smallest absolute Gasteiger partial charge is 0.274 e. The Balaban J connectivity index is 1.57. The third kappa shape index (κ3) is 3.35. The Bertz CT molecular complexity index is 958. The summed E-state index contributed by atoms with van der Waals surface area (Å²) < 4.78 is 12.9. The molecule has 4 rings (SSSR count). The summed E-state index contributed by atoms with van der Waals surface area (Å²) in [4.78, 5) is 23.4. The fourth-order valence-electron chi connectivity index (χ4n) is 3.32. The van der Waals surface area contributed by atoms with Gasteiger partial charge in [0, 0.05) is 19.8 Å². The zero-order valence-electron chi connectivity index (χ0n) is 15.5. The Kier molecular flexibility index (Phi) is 4.49. The molecular weight excluding hydrogens is 346 g/mol. The molecule has 0 saturated carbocycles. The first-order chi connectivity index (χ1) is 13.0. The van der Waals surface area contributed by atoms with Gasteiger partial charge >= 0.3 is 0 Å². The number of nitrogens with zero attached hydrogens (tertiary/aromatic N) is 5. The summed E-state index contributed by atoms with van der Waals surface area (Å²) >= 11 is 0. The maximum absolute atomic E-state index is 12.7. The van der Waals surface area contributed by atoms with Crippen molar-refractivity contribution in [3.63, 3.8) is 0 Å². The van der Waals surface area contributed by atoms with Crippen LogP contribution in [-0.2, 0) is 11.8 Å². The summed E-state index contributed by atoms with van der Waals surface area (Å²) in [7, 11) is 1.84. The number of aromatic nitrogens is 4. The van der Waals surface area contributed by atoms with Crippen molar-refractivity contribution >= 4 is 5.91 Å². The summed E-state index contributed by atoms with van der Waals surface area (Å²) in [5.74, 6) is 0.638. The van der Waals surface area contributed by atoms with Gasteiger partial charge in [-0.1, -0.05) is 11.2 Å². The molecule has 1 atom stereocenters. The molecule has 0 aliphatic carbocycles. The molecule has 140 valence electrons. The van der Waals surface area contributed by atoms with Gasteiger partial charge in [-0.2, -0.15) is 0 Å². The average molecular weight is 367 g/mol. The zero-order valence-corrected chi connectivity index (χ0v) is 15.5. The normalized spacial score (nSPS) is 17.3. The van der Waals surface area contributed by atoms with E-state index in [1.54, 1.807) is 22.0 Å². The molecule has 27 heavy (non-hydrogen) atoms. The third-order valence-corrected chi connectivity index (χ3v) is 4.67. The molecule has 8 nitrogen and oxygen atoms in total. The van der Waals surface area contributed by atoms with Crippen molar-refractivity contribution in [2.45, 2.75) is 20.0 Å². The van der Waals surface area contributed by atoms with Gasteiger partial charge in [-0.05, 0) is 26.0 Å². The number of amides is 1. The standard InChI is InChI=1S/C19H21N5O3/c1-12-18(13(2)27-22-12)15-6-4-5-14(21-15)17-10-24(7-8-26-17)19(25)16-9-23(3)11-20-16/h4-6,9,11,17H,7-8,10H2,1-3H3/t17-/m0/s1. The number of hydrogen-bond donors (Lipinski definition) is 0. The van der Waals surface area contributed by atoms with Crippen LogP contribution in [0.15, 0.2) is 35.2 Å². The van der Waals surface area contributed by atoms with Crippen LogP contribution in [0.1, 0.15) is 33.7 Å². The topological polar surface area (TPSA) is 86.3 Å². The van der Waals surface area contributed by atoms with Crippen molar-refractivity contribution in [2.75, 3.05) is 19.7 Å². The Hall–Kier alpha value is -3.00. The summed E-state index contributed by atoms with van der Waals surface area (Å²) in [5.41, 5.74) is 3.71. The van der Waals surface area contributed by atoms with Crippen molar-refractivity contribution in [2.24, 2.45) is 7.05 Å². The van der Waals surface area contributed by atoms with E-state index in [-0.39, 0.29) is 12.0 Å². The fraction of sp³-hybridized carbons (Fsp3) is 0.368. The molecule has 4 heterocycles. The minimum atomic E-state index is -0.285. The van der Waals surface area contributed by atoms with Gasteiger partial charge in [0.2, 0.25) is 0 Å². The number of carbonyl (C=O) groups is 1. The van der Waals surface area contributed by atoms with E-state index in [4.69, 9.17) is 14.2 Å². The summed E-state index contributed by atoms with van der Waals surface area (Å²) in [6.07, 6.45) is 3.06. The van der Waals surface area contributed by atoms with Gasteiger partial charge in [-0.15, -0.1) is 0 Å². The molecule has 0 spiro atoms. The van der Waals surface area contributed by atoms with Gasteiger partial charge in [0.05, 0.1) is 42.1 Å². The first kappa shape index (κ1) is 17.4. The maximum Gasteiger partial charge on any atom is 0.274 e. The molecular formula is C19H21N5O3. The van der Waals surface area contributed by atoms with Crippen molar-refractivity contribution in [1.29, 1.82) is 0 Å². The number of aryl methyl sites for hydroxylation is 3. The first-order valence-corrected chi connectivity index (χ1v) is 8.82. The van der Waals surface area contributed by atoms with E-state index in [2.05, 4.69) is 10.1 Å². The van der Waals surface area contributed by atoms with Crippen molar-refractivity contribution in [1.82, 2.24) is 24.6 Å². The van der Waals surface area contributed by atoms with E-state index in [0.29, 0.717) is 25.4 Å². The van der Waals surface area contributed by atoms with Crippen LogP contribution in [-0.4, -0.2) is 50.2 Å². The third-order valence-electron chi connectivity index (χ3n) is 4.67. The number of ether oxygens (including phenoxy) is 1. The molecule has 0 bridgehead atoms. The Morgan fingerprint density at radius 1 is 1.30 bits per heavy atom. The number of hydrogen-bond acceptors (Lipinski definition) is 6. The lowest BCUT2D eigenvalue weighted by Crippen LogP contribution is -2.42. The number of pyridine rings is 1. The summed E-state index contributed by atoms with van der Waals surface area (Å²) in [5, 5.41) is 4.00. The lowest BCUT2D eigenvalue weighted by atomic mass is 10.1. The minimum absolute atomic E-state index is 0.0919. The van der Waals surface area contributed by atoms with Crippen LogP contribution in [0.4, 0.5) is 0 Å². The predicted molar refractivity (Wildman–Crippen MR) is 97.0 cm³/mol. The van der Waals surface area contributed by atoms with Gasteiger partial charge in [0.1, 0.15) is 17.6 Å². The quantitative estimate of drug-likeness (QED) is 0.706. The number of carbonyl (C=O) groups excluding carboxylic acids is 1. The molecule has 1 aliphatic rings. The molecule has 1 fully saturated rings. The van der Waals surface area contributed by atoms with Crippen LogP contribution < -0.4 is 0 Å². The lowest BCUT2D eigenvalue weighted by Gasteiger charge is -2.32. The summed E-state index contributed by atoms with van der Waals surface area (Å²) in [6, 6.07) is 5.78. The highest BCUT2D eigenvalue weighted by Crippen LogP contribution is 2.28. The average Bonchev–Trinajstić information content (AvgIpc) is 3.26. The Morgan fingerprint density at radius 2 is 2.15 bits per heavy atom. The van der Waals surface area contributed by atoms with Crippen LogP contribution >= 0.6 is 0 Å². The first-order valence-electron chi connectivity index (χ1n) is 8.82. The van der Waals surface area contributed by atoms with Crippen LogP contribution in [0.5, 0.6) is 0 Å². The van der Waals surface area contributed by atoms with Crippen LogP contribution in [0.3, 0.4) is 0 Å². The fourth-order valence-corrected chi connectivity index (χ4v) is 3.32. The largest absolute Gasteiger partial charge is 0.368 e. The maximum atomic E-state index is 12.7. The van der Waals surface area contributed by atoms with Crippen molar-refractivity contribution < 1.29 is 14.1 Å². The summed E-state index contributed by atoms with van der Waals surface area (Å²) in [6.45, 7) is 5.20. The Morgan fingerprint density at radius 3 is 2.85 bits per heavy atom. The van der Waals surface area contributed by atoms with E-state index in [9.17, 15) is 4.79 Å². The second kappa shape index (κ2) is 6.96. The predicted octanol–water partition coefficient (Wildman–Crippen LogP) is 2.30. The van der Waals surface area contributed by atoms with Gasteiger partial charge in [0.25, 0.3) is 5.91 Å². The highest BCUT2D eigenvalue weighted by molar-refractivity contribution is 5.92. The van der Waals surface area contributed by atoms with Crippen LogP contribution in [0, 0.1) is 13.8 Å². The lowest BCUT2D eigenvalue weighted by molar-refractivity contribution is -0.0248. The minimum Gasteiger partial charge on any atom is -0.368 e. The van der Waals surface area contributed by atoms with E-state index in [1.165, 1.54) is 0 Å². The van der Waals surface area contributed by atoms with E-state index < -0.39 is 0 Å². The molecule has 3 aromatic rings. The molecule has 0 aromatic carbocycles. The zero-order chi connectivity index (χ0) is 19.0. The Labute approximate surface area is 156 Å².